The first-order chi connectivity index (χ1) is 7.56. The molecule has 1 saturated heterocycles. The highest BCUT2D eigenvalue weighted by Gasteiger charge is 2.39. The van der Waals surface area contributed by atoms with Crippen molar-refractivity contribution in [3.63, 3.8) is 0 Å². The van der Waals surface area contributed by atoms with Gasteiger partial charge in [0.1, 0.15) is 6.04 Å². The maximum Gasteiger partial charge on any atom is 0.451 e. The molecule has 1 heterocycles. The summed E-state index contributed by atoms with van der Waals surface area (Å²) in [6.07, 6.45) is 1.34. The third-order valence-electron chi connectivity index (χ3n) is 3.01. The summed E-state index contributed by atoms with van der Waals surface area (Å²) in [5.41, 5.74) is 0. The van der Waals surface area contributed by atoms with Crippen LogP contribution in [0.2, 0.25) is 6.32 Å². The Morgan fingerprint density at radius 3 is 2.75 bits per heavy atom. The van der Waals surface area contributed by atoms with Crippen molar-refractivity contribution in [3.05, 3.63) is 0 Å². The number of hydrogen-bond donors (Lipinski definition) is 4. The molecule has 0 aromatic rings. The van der Waals surface area contributed by atoms with Gasteiger partial charge in [-0.1, -0.05) is 6.42 Å². The van der Waals surface area contributed by atoms with E-state index >= 15 is 0 Å². The summed E-state index contributed by atoms with van der Waals surface area (Å²) in [6.45, 7) is 0.528. The van der Waals surface area contributed by atoms with Gasteiger partial charge in [-0.2, -0.15) is 0 Å². The lowest BCUT2D eigenvalue weighted by molar-refractivity contribution is -0.140. The quantitative estimate of drug-likeness (QED) is 0.434. The largest absolute Gasteiger partial charge is 0.480 e. The second-order valence-corrected chi connectivity index (χ2v) is 4.07. The van der Waals surface area contributed by atoms with Gasteiger partial charge in [0.2, 0.25) is 0 Å². The van der Waals surface area contributed by atoms with Crippen LogP contribution in [0.3, 0.4) is 0 Å². The predicted molar refractivity (Wildman–Crippen MR) is 57.9 cm³/mol. The molecule has 92 valence electrons. The molecule has 4 N–H and O–H groups in total. The van der Waals surface area contributed by atoms with Crippen molar-refractivity contribution in [3.8, 4) is 0 Å². The minimum absolute atomic E-state index is 0.110. The van der Waals surface area contributed by atoms with Crippen molar-refractivity contribution in [2.45, 2.75) is 31.3 Å². The molecule has 0 aromatic carbocycles. The van der Waals surface area contributed by atoms with Crippen molar-refractivity contribution < 1.29 is 24.7 Å². The Balaban J connectivity index is 2.46. The Morgan fingerprint density at radius 2 is 2.25 bits per heavy atom. The summed E-state index contributed by atoms with van der Waals surface area (Å²) in [5.74, 6) is -0.990. The fraction of sp³-hybridized carbons (Fsp3) is 0.889. The van der Waals surface area contributed by atoms with E-state index < -0.39 is 19.1 Å². The van der Waals surface area contributed by atoms with E-state index in [1.165, 1.54) is 0 Å². The monoisotopic (exact) mass is 231 g/mol. The molecule has 6 nitrogen and oxygen atoms in total. The second kappa shape index (κ2) is 6.19. The topological polar surface area (TPSA) is 99.0 Å². The zero-order valence-electron chi connectivity index (χ0n) is 9.30. The standard InChI is InChI=1S/C9H18BNO5/c1-16-7-5-11-8(9(12)13)6(7)3-2-4-10(14)15/h6-8,11,14-15H,2-5H2,1H3,(H,12,13). The Morgan fingerprint density at radius 1 is 1.56 bits per heavy atom. The number of methoxy groups -OCH3 is 1. The number of carbonyl (C=O) groups is 1. The first kappa shape index (κ1) is 13.4. The third-order valence-corrected chi connectivity index (χ3v) is 3.01. The maximum atomic E-state index is 11.0. The number of aliphatic carboxylic acids is 1. The Bertz CT molecular complexity index is 238. The van der Waals surface area contributed by atoms with Crippen molar-refractivity contribution >= 4 is 13.1 Å². The van der Waals surface area contributed by atoms with Crippen molar-refractivity contribution in [1.29, 1.82) is 0 Å². The summed E-state index contributed by atoms with van der Waals surface area (Å²) in [5, 5.41) is 29.3. The van der Waals surface area contributed by atoms with E-state index in [2.05, 4.69) is 5.32 Å². The van der Waals surface area contributed by atoms with Gasteiger partial charge in [-0.25, -0.2) is 0 Å². The molecular weight excluding hydrogens is 213 g/mol. The van der Waals surface area contributed by atoms with Crippen LogP contribution in [0.15, 0.2) is 0 Å². The van der Waals surface area contributed by atoms with E-state index in [4.69, 9.17) is 19.9 Å². The molecule has 0 saturated carbocycles. The van der Waals surface area contributed by atoms with E-state index in [1.807, 2.05) is 0 Å². The molecule has 1 rings (SSSR count). The normalized spacial score (nSPS) is 29.3. The van der Waals surface area contributed by atoms with E-state index in [0.29, 0.717) is 19.4 Å². The molecule has 0 bridgehead atoms. The Kier molecular flexibility index (Phi) is 5.20. The lowest BCUT2D eigenvalue weighted by atomic mass is 9.81. The minimum Gasteiger partial charge on any atom is -0.480 e. The molecule has 1 aliphatic heterocycles. The van der Waals surface area contributed by atoms with Gasteiger partial charge in [-0.3, -0.25) is 4.79 Å². The van der Waals surface area contributed by atoms with Gasteiger partial charge in [0, 0.05) is 19.6 Å². The van der Waals surface area contributed by atoms with E-state index in [0.717, 1.165) is 0 Å². The lowest BCUT2D eigenvalue weighted by Crippen LogP contribution is -2.36. The number of carboxylic acids is 1. The molecule has 0 spiro atoms. The zero-order chi connectivity index (χ0) is 12.1. The van der Waals surface area contributed by atoms with Gasteiger partial charge >= 0.3 is 13.1 Å². The van der Waals surface area contributed by atoms with Crippen LogP contribution < -0.4 is 5.32 Å². The highest BCUT2D eigenvalue weighted by atomic mass is 16.5. The summed E-state index contributed by atoms with van der Waals surface area (Å²) < 4.78 is 5.21. The number of hydrogen-bond acceptors (Lipinski definition) is 5. The van der Waals surface area contributed by atoms with Gasteiger partial charge < -0.3 is 25.2 Å². The Hall–Kier alpha value is -0.625. The second-order valence-electron chi connectivity index (χ2n) is 4.07. The van der Waals surface area contributed by atoms with Crippen LogP contribution in [-0.2, 0) is 9.53 Å². The Labute approximate surface area is 94.8 Å². The maximum absolute atomic E-state index is 11.0. The smallest absolute Gasteiger partial charge is 0.451 e. The number of carboxylic acid groups (broad SMARTS) is 1. The van der Waals surface area contributed by atoms with Crippen LogP contribution in [-0.4, -0.2) is 54.0 Å². The highest BCUT2D eigenvalue weighted by molar-refractivity contribution is 6.40. The SMILES string of the molecule is COC1CNC(C(=O)O)C1CCCB(O)O. The molecule has 0 aromatic heterocycles. The molecule has 16 heavy (non-hydrogen) atoms. The molecule has 1 aliphatic rings. The fourth-order valence-electron chi connectivity index (χ4n) is 2.18. The summed E-state index contributed by atoms with van der Waals surface area (Å²) in [7, 11) is 0.239. The molecule has 0 radical (unpaired) electrons. The molecule has 0 amide bonds. The van der Waals surface area contributed by atoms with Crippen LogP contribution in [0.5, 0.6) is 0 Å². The molecule has 1 fully saturated rings. The van der Waals surface area contributed by atoms with Crippen LogP contribution in [0.4, 0.5) is 0 Å². The summed E-state index contributed by atoms with van der Waals surface area (Å²) in [6, 6.07) is -0.596. The molecule has 0 aliphatic carbocycles. The molecular formula is C9H18BNO5. The van der Waals surface area contributed by atoms with Gasteiger partial charge in [0.05, 0.1) is 6.10 Å². The lowest BCUT2D eigenvalue weighted by Gasteiger charge is -2.20. The number of nitrogens with one attached hydrogen (secondary N) is 1. The van der Waals surface area contributed by atoms with Crippen LogP contribution >= 0.6 is 0 Å². The third kappa shape index (κ3) is 3.45. The average Bonchev–Trinajstić information content (AvgIpc) is 2.60. The van der Waals surface area contributed by atoms with Crippen LogP contribution in [0, 0.1) is 5.92 Å². The summed E-state index contributed by atoms with van der Waals surface area (Å²) in [4.78, 5) is 11.0. The van der Waals surface area contributed by atoms with Crippen molar-refractivity contribution in [2.75, 3.05) is 13.7 Å². The fourth-order valence-corrected chi connectivity index (χ4v) is 2.18. The zero-order valence-corrected chi connectivity index (χ0v) is 9.30. The van der Waals surface area contributed by atoms with Crippen molar-refractivity contribution in [1.82, 2.24) is 5.32 Å². The van der Waals surface area contributed by atoms with Gasteiger partial charge in [0.15, 0.2) is 0 Å². The number of rotatable bonds is 6. The van der Waals surface area contributed by atoms with E-state index in [-0.39, 0.29) is 18.3 Å². The first-order valence-electron chi connectivity index (χ1n) is 5.41. The average molecular weight is 231 g/mol. The predicted octanol–water partition coefficient (Wildman–Crippen LogP) is -1.07. The van der Waals surface area contributed by atoms with Crippen molar-refractivity contribution in [2.24, 2.45) is 5.92 Å². The van der Waals surface area contributed by atoms with E-state index in [9.17, 15) is 4.79 Å². The molecule has 3 unspecified atom stereocenters. The molecule has 3 atom stereocenters. The van der Waals surface area contributed by atoms with Gasteiger partial charge in [0.25, 0.3) is 0 Å². The van der Waals surface area contributed by atoms with Gasteiger partial charge in [-0.05, 0) is 12.7 Å². The number of ether oxygens (including phenoxy) is 1. The minimum atomic E-state index is -1.32. The van der Waals surface area contributed by atoms with Crippen LogP contribution in [0.25, 0.3) is 0 Å². The highest BCUT2D eigenvalue weighted by Crippen LogP contribution is 2.25. The summed E-state index contributed by atoms with van der Waals surface area (Å²) >= 11 is 0. The van der Waals surface area contributed by atoms with Gasteiger partial charge in [-0.15, -0.1) is 0 Å². The molecule has 7 heteroatoms. The first-order valence-corrected chi connectivity index (χ1v) is 5.41. The van der Waals surface area contributed by atoms with E-state index in [1.54, 1.807) is 7.11 Å². The van der Waals surface area contributed by atoms with Crippen LogP contribution in [0.1, 0.15) is 12.8 Å².